The fourth-order valence-electron chi connectivity index (χ4n) is 2.26. The molecule has 2 heterocycles. The number of anilines is 1. The normalized spacial score (nSPS) is 14.7. The van der Waals surface area contributed by atoms with Crippen LogP contribution in [0.25, 0.3) is 0 Å². The highest BCUT2D eigenvalue weighted by Crippen LogP contribution is 2.26. The molecule has 0 saturated heterocycles. The molecule has 0 aliphatic carbocycles. The van der Waals surface area contributed by atoms with Gasteiger partial charge in [0.2, 0.25) is 0 Å². The third kappa shape index (κ3) is 1.98. The molecule has 0 spiro atoms. The summed E-state index contributed by atoms with van der Waals surface area (Å²) in [6.45, 7) is 2.65. The molecule has 1 N–H and O–H groups in total. The average molecular weight is 264 g/mol. The Balaban J connectivity index is 1.86. The molecule has 0 bridgehead atoms. The van der Waals surface area contributed by atoms with E-state index in [2.05, 4.69) is 14.5 Å². The van der Waals surface area contributed by atoms with Crippen LogP contribution in [-0.4, -0.2) is 21.2 Å². The van der Waals surface area contributed by atoms with Gasteiger partial charge in [-0.2, -0.15) is 0 Å². The molecular weight excluding hydrogens is 250 g/mol. The lowest BCUT2D eigenvalue weighted by molar-refractivity contribution is 0.282. The standard InChI is InChI=1S/C13H14ClN3O/c14-12-7-11(2-1-10(12)9-18)17-6-5-16-4-3-15-13(16)8-17/h1-4,7,18H,5-6,8-9H2. The molecule has 0 saturated carbocycles. The van der Waals surface area contributed by atoms with Gasteiger partial charge in [0.15, 0.2) is 0 Å². The molecule has 1 aromatic heterocycles. The molecule has 0 fully saturated rings. The predicted octanol–water partition coefficient (Wildman–Crippen LogP) is 2.05. The summed E-state index contributed by atoms with van der Waals surface area (Å²) in [6.07, 6.45) is 3.84. The third-order valence-electron chi connectivity index (χ3n) is 3.32. The van der Waals surface area contributed by atoms with Crippen molar-refractivity contribution < 1.29 is 5.11 Å². The van der Waals surface area contributed by atoms with Crippen LogP contribution in [0, 0.1) is 0 Å². The molecule has 1 aliphatic heterocycles. The fourth-order valence-corrected chi connectivity index (χ4v) is 2.49. The van der Waals surface area contributed by atoms with Crippen LogP contribution < -0.4 is 4.90 Å². The number of nitrogens with zero attached hydrogens (tertiary/aromatic N) is 3. The van der Waals surface area contributed by atoms with Gasteiger partial charge < -0.3 is 14.6 Å². The summed E-state index contributed by atoms with van der Waals surface area (Å²) in [4.78, 5) is 6.58. The molecular formula is C13H14ClN3O. The summed E-state index contributed by atoms with van der Waals surface area (Å²) >= 11 is 6.12. The number of aliphatic hydroxyl groups is 1. The van der Waals surface area contributed by atoms with E-state index < -0.39 is 0 Å². The van der Waals surface area contributed by atoms with Crippen LogP contribution in [0.4, 0.5) is 5.69 Å². The van der Waals surface area contributed by atoms with E-state index in [-0.39, 0.29) is 6.61 Å². The van der Waals surface area contributed by atoms with Crippen LogP contribution in [-0.2, 0) is 19.7 Å². The Bertz CT molecular complexity index is 567. The van der Waals surface area contributed by atoms with Crippen molar-refractivity contribution in [1.29, 1.82) is 0 Å². The summed E-state index contributed by atoms with van der Waals surface area (Å²) in [5.74, 6) is 1.07. The topological polar surface area (TPSA) is 41.3 Å². The molecule has 2 aromatic rings. The van der Waals surface area contributed by atoms with Gasteiger partial charge >= 0.3 is 0 Å². The SMILES string of the molecule is OCc1ccc(N2CCn3ccnc3C2)cc1Cl. The first kappa shape index (κ1) is 11.6. The zero-order valence-corrected chi connectivity index (χ0v) is 10.6. The largest absolute Gasteiger partial charge is 0.392 e. The Morgan fingerprint density at radius 3 is 3.00 bits per heavy atom. The lowest BCUT2D eigenvalue weighted by Crippen LogP contribution is -2.33. The molecule has 5 heteroatoms. The predicted molar refractivity (Wildman–Crippen MR) is 70.7 cm³/mol. The molecule has 0 atom stereocenters. The van der Waals surface area contributed by atoms with Crippen molar-refractivity contribution in [2.24, 2.45) is 0 Å². The van der Waals surface area contributed by atoms with Crippen LogP contribution in [0.2, 0.25) is 5.02 Å². The number of halogens is 1. The lowest BCUT2D eigenvalue weighted by atomic mass is 10.2. The first-order valence-corrected chi connectivity index (χ1v) is 6.30. The van der Waals surface area contributed by atoms with E-state index in [4.69, 9.17) is 16.7 Å². The van der Waals surface area contributed by atoms with E-state index in [9.17, 15) is 0 Å². The molecule has 1 aliphatic rings. The molecule has 18 heavy (non-hydrogen) atoms. The maximum Gasteiger partial charge on any atom is 0.128 e. The van der Waals surface area contributed by atoms with Crippen molar-refractivity contribution >= 4 is 17.3 Å². The number of fused-ring (bicyclic) bond motifs is 1. The van der Waals surface area contributed by atoms with Gasteiger partial charge in [-0.15, -0.1) is 0 Å². The van der Waals surface area contributed by atoms with Crippen molar-refractivity contribution in [2.75, 3.05) is 11.4 Å². The molecule has 0 radical (unpaired) electrons. The van der Waals surface area contributed by atoms with Gasteiger partial charge in [-0.3, -0.25) is 0 Å². The van der Waals surface area contributed by atoms with Gasteiger partial charge in [-0.25, -0.2) is 4.98 Å². The Labute approximate surface area is 110 Å². The van der Waals surface area contributed by atoms with Crippen LogP contribution in [0.1, 0.15) is 11.4 Å². The van der Waals surface area contributed by atoms with Crippen LogP contribution in [0.3, 0.4) is 0 Å². The second kappa shape index (κ2) is 4.63. The van der Waals surface area contributed by atoms with Gasteiger partial charge in [0.1, 0.15) is 5.82 Å². The van der Waals surface area contributed by atoms with E-state index in [1.165, 1.54) is 0 Å². The van der Waals surface area contributed by atoms with Crippen molar-refractivity contribution in [3.8, 4) is 0 Å². The monoisotopic (exact) mass is 263 g/mol. The highest BCUT2D eigenvalue weighted by molar-refractivity contribution is 6.31. The van der Waals surface area contributed by atoms with Gasteiger partial charge in [0, 0.05) is 36.2 Å². The molecule has 0 unspecified atom stereocenters. The minimum atomic E-state index is -0.0243. The van der Waals surface area contributed by atoms with Gasteiger partial charge in [0.05, 0.1) is 13.2 Å². The molecule has 3 rings (SSSR count). The zero-order chi connectivity index (χ0) is 12.5. The summed E-state index contributed by atoms with van der Waals surface area (Å²) in [6, 6.07) is 5.78. The second-order valence-corrected chi connectivity index (χ2v) is 4.80. The first-order chi connectivity index (χ1) is 8.78. The highest BCUT2D eigenvalue weighted by Gasteiger charge is 2.17. The van der Waals surface area contributed by atoms with Crippen molar-refractivity contribution in [3.05, 3.63) is 47.0 Å². The van der Waals surface area contributed by atoms with E-state index in [0.29, 0.717) is 5.02 Å². The Morgan fingerprint density at radius 2 is 2.22 bits per heavy atom. The van der Waals surface area contributed by atoms with Gasteiger partial charge in [-0.1, -0.05) is 17.7 Å². The Hall–Kier alpha value is -1.52. The lowest BCUT2D eigenvalue weighted by Gasteiger charge is -2.29. The minimum absolute atomic E-state index is 0.0243. The van der Waals surface area contributed by atoms with Crippen LogP contribution in [0.5, 0.6) is 0 Å². The maximum atomic E-state index is 9.11. The molecule has 94 valence electrons. The van der Waals surface area contributed by atoms with E-state index in [1.807, 2.05) is 30.6 Å². The van der Waals surface area contributed by atoms with E-state index in [0.717, 1.165) is 36.7 Å². The van der Waals surface area contributed by atoms with E-state index >= 15 is 0 Å². The van der Waals surface area contributed by atoms with Crippen molar-refractivity contribution in [3.63, 3.8) is 0 Å². The van der Waals surface area contributed by atoms with Gasteiger partial charge in [-0.05, 0) is 17.7 Å². The third-order valence-corrected chi connectivity index (χ3v) is 3.67. The number of aliphatic hydroxyl groups excluding tert-OH is 1. The minimum Gasteiger partial charge on any atom is -0.392 e. The quantitative estimate of drug-likeness (QED) is 0.902. The first-order valence-electron chi connectivity index (χ1n) is 5.92. The van der Waals surface area contributed by atoms with Gasteiger partial charge in [0.25, 0.3) is 0 Å². The van der Waals surface area contributed by atoms with Crippen molar-refractivity contribution in [2.45, 2.75) is 19.7 Å². The smallest absolute Gasteiger partial charge is 0.128 e. The fraction of sp³-hybridized carbons (Fsp3) is 0.308. The number of imidazole rings is 1. The summed E-state index contributed by atoms with van der Waals surface area (Å²) in [5, 5.41) is 9.73. The van der Waals surface area contributed by atoms with E-state index in [1.54, 1.807) is 0 Å². The second-order valence-electron chi connectivity index (χ2n) is 4.39. The zero-order valence-electron chi connectivity index (χ0n) is 9.88. The Kier molecular flexibility index (Phi) is 2.97. The van der Waals surface area contributed by atoms with Crippen LogP contribution in [0.15, 0.2) is 30.6 Å². The number of aromatic nitrogens is 2. The highest BCUT2D eigenvalue weighted by atomic mass is 35.5. The Morgan fingerprint density at radius 1 is 1.33 bits per heavy atom. The molecule has 1 aromatic carbocycles. The molecule has 0 amide bonds. The average Bonchev–Trinajstić information content (AvgIpc) is 2.85. The van der Waals surface area contributed by atoms with Crippen LogP contribution >= 0.6 is 11.6 Å². The number of rotatable bonds is 2. The number of hydrogen-bond acceptors (Lipinski definition) is 3. The summed E-state index contributed by atoms with van der Waals surface area (Å²) < 4.78 is 2.17. The maximum absolute atomic E-state index is 9.11. The molecule has 4 nitrogen and oxygen atoms in total. The summed E-state index contributed by atoms with van der Waals surface area (Å²) in [7, 11) is 0. The number of hydrogen-bond donors (Lipinski definition) is 1. The van der Waals surface area contributed by atoms with Crippen molar-refractivity contribution in [1.82, 2.24) is 9.55 Å². The number of benzene rings is 1. The summed E-state index contributed by atoms with van der Waals surface area (Å²) in [5.41, 5.74) is 1.84.